The predicted molar refractivity (Wildman–Crippen MR) is 160 cm³/mol. The van der Waals surface area contributed by atoms with Gasteiger partial charge in [-0.3, -0.25) is 4.79 Å². The van der Waals surface area contributed by atoms with Gasteiger partial charge in [-0.1, -0.05) is 41.9 Å². The van der Waals surface area contributed by atoms with Gasteiger partial charge >= 0.3 is 6.36 Å². The summed E-state index contributed by atoms with van der Waals surface area (Å²) in [5.74, 6) is -0.415. The van der Waals surface area contributed by atoms with Gasteiger partial charge in [0.25, 0.3) is 5.56 Å². The van der Waals surface area contributed by atoms with Crippen molar-refractivity contribution < 1.29 is 22.6 Å². The number of hydrogen-bond acceptors (Lipinski definition) is 6. The van der Waals surface area contributed by atoms with Gasteiger partial charge in [-0.25, -0.2) is 4.98 Å². The van der Waals surface area contributed by atoms with E-state index in [1.807, 2.05) is 18.2 Å². The van der Waals surface area contributed by atoms with E-state index in [-0.39, 0.29) is 12.2 Å². The second-order valence-corrected chi connectivity index (χ2v) is 10.5. The molecule has 12 heteroatoms. The molecule has 0 aliphatic rings. The molecular weight excluding hydrogens is 607 g/mol. The molecule has 0 aliphatic carbocycles. The normalized spacial score (nSPS) is 11.9. The molecule has 3 aromatic carbocycles. The Morgan fingerprint density at radius 3 is 2.29 bits per heavy atom. The van der Waals surface area contributed by atoms with E-state index in [1.54, 1.807) is 54.5 Å². The third kappa shape index (κ3) is 6.75. The Bertz CT molecular complexity index is 2020. The highest BCUT2D eigenvalue weighted by atomic mass is 35.5. The maximum Gasteiger partial charge on any atom is 0.573 e. The van der Waals surface area contributed by atoms with Gasteiger partial charge in [0.15, 0.2) is 0 Å². The smallest absolute Gasteiger partial charge is 0.406 e. The first-order valence-electron chi connectivity index (χ1n) is 13.4. The van der Waals surface area contributed by atoms with Crippen molar-refractivity contribution in [3.8, 4) is 40.1 Å². The topological polar surface area (TPSA) is 106 Å². The highest BCUT2D eigenvalue weighted by molar-refractivity contribution is 6.30. The predicted octanol–water partition coefficient (Wildman–Crippen LogP) is 7.05. The van der Waals surface area contributed by atoms with E-state index >= 15 is 0 Å². The fourth-order valence-electron chi connectivity index (χ4n) is 4.97. The molecule has 0 spiro atoms. The van der Waals surface area contributed by atoms with Crippen molar-refractivity contribution in [2.24, 2.45) is 14.1 Å². The third-order valence-electron chi connectivity index (χ3n) is 7.17. The van der Waals surface area contributed by atoms with Crippen LogP contribution in [0.2, 0.25) is 5.02 Å². The van der Waals surface area contributed by atoms with Crippen LogP contribution in [-0.4, -0.2) is 20.5 Å². The van der Waals surface area contributed by atoms with Crippen LogP contribution in [0, 0.1) is 22.7 Å². The molecule has 0 N–H and O–H groups in total. The average molecular weight is 630 g/mol. The number of aryl methyl sites for hydroxylation is 1. The van der Waals surface area contributed by atoms with E-state index in [4.69, 9.17) is 16.3 Å². The molecule has 45 heavy (non-hydrogen) atoms. The van der Waals surface area contributed by atoms with Crippen molar-refractivity contribution in [2.45, 2.75) is 19.1 Å². The fourth-order valence-corrected chi connectivity index (χ4v) is 5.16. The van der Waals surface area contributed by atoms with Crippen LogP contribution < -0.4 is 10.3 Å². The Hall–Kier alpha value is -5.36. The summed E-state index contributed by atoms with van der Waals surface area (Å²) < 4.78 is 51.7. The molecule has 5 rings (SSSR count). The lowest BCUT2D eigenvalue weighted by Gasteiger charge is -2.22. The third-order valence-corrected chi connectivity index (χ3v) is 7.41. The zero-order chi connectivity index (χ0) is 32.3. The highest BCUT2D eigenvalue weighted by Crippen LogP contribution is 2.35. The summed E-state index contributed by atoms with van der Waals surface area (Å²) in [6.45, 7) is -0.143. The Labute approximate surface area is 260 Å². The van der Waals surface area contributed by atoms with Crippen LogP contribution in [-0.2, 0) is 25.4 Å². The van der Waals surface area contributed by atoms with Crippen LogP contribution in [0.3, 0.4) is 0 Å². The average Bonchev–Trinajstić information content (AvgIpc) is 3.44. The number of ether oxygens (including phenoxy) is 2. The van der Waals surface area contributed by atoms with Gasteiger partial charge in [-0.2, -0.15) is 10.5 Å². The van der Waals surface area contributed by atoms with Gasteiger partial charge in [0, 0.05) is 24.7 Å². The molecule has 1 atom stereocenters. The first-order valence-corrected chi connectivity index (χ1v) is 13.7. The van der Waals surface area contributed by atoms with E-state index in [1.165, 1.54) is 29.8 Å². The largest absolute Gasteiger partial charge is 0.573 e. The Morgan fingerprint density at radius 2 is 1.67 bits per heavy atom. The van der Waals surface area contributed by atoms with Gasteiger partial charge in [0.2, 0.25) is 0 Å². The summed E-state index contributed by atoms with van der Waals surface area (Å²) in [5, 5.41) is 19.9. The minimum absolute atomic E-state index is 0.143. The molecule has 0 aliphatic heterocycles. The second kappa shape index (κ2) is 12.7. The van der Waals surface area contributed by atoms with Gasteiger partial charge < -0.3 is 18.6 Å². The first kappa shape index (κ1) is 31.1. The molecule has 0 saturated heterocycles. The second-order valence-electron chi connectivity index (χ2n) is 10.0. The molecule has 5 aromatic rings. The van der Waals surface area contributed by atoms with E-state index in [9.17, 15) is 28.5 Å². The number of benzene rings is 3. The number of hydrogen-bond donors (Lipinski definition) is 0. The van der Waals surface area contributed by atoms with Crippen LogP contribution in [0.25, 0.3) is 22.3 Å². The van der Waals surface area contributed by atoms with Gasteiger partial charge in [0.1, 0.15) is 23.5 Å². The SMILES string of the molecule is Cn1cncc1C(OCc1c(-c2ccc(OC(F)(F)F)cc2)cc(C#N)c(=O)n1C)c1ccc(C#N)c(-c2cccc(Cl)c2)c1. The van der Waals surface area contributed by atoms with E-state index in [0.29, 0.717) is 44.2 Å². The maximum absolute atomic E-state index is 13.0. The van der Waals surface area contributed by atoms with Crippen molar-refractivity contribution >= 4 is 11.6 Å². The zero-order valence-corrected chi connectivity index (χ0v) is 24.6. The summed E-state index contributed by atoms with van der Waals surface area (Å²) >= 11 is 6.24. The number of imidazole rings is 1. The molecule has 0 bridgehead atoms. The summed E-state index contributed by atoms with van der Waals surface area (Å²) in [6.07, 6.45) is -2.34. The number of nitrogens with zero attached hydrogens (tertiary/aromatic N) is 5. The van der Waals surface area contributed by atoms with Crippen molar-refractivity contribution in [2.75, 3.05) is 0 Å². The minimum atomic E-state index is -4.86. The lowest BCUT2D eigenvalue weighted by Crippen LogP contribution is -2.25. The summed E-state index contributed by atoms with van der Waals surface area (Å²) in [4.78, 5) is 17.2. The van der Waals surface area contributed by atoms with E-state index < -0.39 is 23.8 Å². The number of pyridine rings is 1. The van der Waals surface area contributed by atoms with Gasteiger partial charge in [0.05, 0.1) is 42.2 Å². The highest BCUT2D eigenvalue weighted by Gasteiger charge is 2.31. The Morgan fingerprint density at radius 1 is 0.933 bits per heavy atom. The molecule has 0 radical (unpaired) electrons. The van der Waals surface area contributed by atoms with E-state index in [2.05, 4.69) is 15.8 Å². The first-order chi connectivity index (χ1) is 21.5. The molecule has 0 saturated carbocycles. The van der Waals surface area contributed by atoms with Crippen LogP contribution in [0.5, 0.6) is 5.75 Å². The molecular formula is C33H23ClF3N5O3. The lowest BCUT2D eigenvalue weighted by atomic mass is 9.95. The molecule has 226 valence electrons. The van der Waals surface area contributed by atoms with Crippen molar-refractivity contribution in [1.29, 1.82) is 10.5 Å². The molecule has 0 fully saturated rings. The van der Waals surface area contributed by atoms with Crippen LogP contribution in [0.1, 0.15) is 34.2 Å². The Kier molecular flexibility index (Phi) is 8.77. The van der Waals surface area contributed by atoms with Crippen LogP contribution in [0.15, 0.2) is 90.1 Å². The molecule has 0 amide bonds. The quantitative estimate of drug-likeness (QED) is 0.182. The summed E-state index contributed by atoms with van der Waals surface area (Å²) in [6, 6.07) is 23.0. The number of alkyl halides is 3. The number of halogens is 4. The van der Waals surface area contributed by atoms with Gasteiger partial charge in [-0.05, 0) is 64.7 Å². The van der Waals surface area contributed by atoms with Crippen molar-refractivity contribution in [3.63, 3.8) is 0 Å². The monoisotopic (exact) mass is 629 g/mol. The number of rotatable bonds is 8. The maximum atomic E-state index is 13.0. The molecule has 2 heterocycles. The fraction of sp³-hybridized carbons (Fsp3) is 0.152. The van der Waals surface area contributed by atoms with Gasteiger partial charge in [-0.15, -0.1) is 13.2 Å². The lowest BCUT2D eigenvalue weighted by molar-refractivity contribution is -0.274. The van der Waals surface area contributed by atoms with Crippen molar-refractivity contribution in [1.82, 2.24) is 14.1 Å². The number of aromatic nitrogens is 3. The number of nitriles is 2. The van der Waals surface area contributed by atoms with E-state index in [0.717, 1.165) is 17.7 Å². The molecule has 2 aromatic heterocycles. The summed E-state index contributed by atoms with van der Waals surface area (Å²) in [5.41, 5.74) is 3.68. The molecule has 1 unspecified atom stereocenters. The summed E-state index contributed by atoms with van der Waals surface area (Å²) in [7, 11) is 3.29. The molecule has 8 nitrogen and oxygen atoms in total. The minimum Gasteiger partial charge on any atom is -0.406 e. The zero-order valence-electron chi connectivity index (χ0n) is 23.8. The Balaban J connectivity index is 1.58. The van der Waals surface area contributed by atoms with Crippen molar-refractivity contribution in [3.05, 3.63) is 129 Å². The van der Waals surface area contributed by atoms with Crippen LogP contribution >= 0.6 is 11.6 Å². The standard InChI is InChI=1S/C33H23ClF3N5O3/c1-41-19-40-17-29(41)31(22-6-7-23(15-38)27(13-22)21-4-3-5-25(34)12-21)44-18-30-28(14-24(16-39)32(43)42(30)2)20-8-10-26(11-9-20)45-33(35,36)37/h3-14,17,19,31H,18H2,1-2H3. The van der Waals surface area contributed by atoms with Crippen LogP contribution in [0.4, 0.5) is 13.2 Å².